The maximum Gasteiger partial charge on any atom is 0.163 e. The lowest BCUT2D eigenvalue weighted by Gasteiger charge is -2.19. The van der Waals surface area contributed by atoms with Crippen molar-refractivity contribution in [1.82, 2.24) is 15.0 Å². The van der Waals surface area contributed by atoms with Crippen molar-refractivity contribution in [2.45, 2.75) is 0 Å². The van der Waals surface area contributed by atoms with Gasteiger partial charge < -0.3 is 0 Å². The number of nitrogens with zero attached hydrogens (tertiary/aromatic N) is 3. The van der Waals surface area contributed by atoms with Crippen LogP contribution in [0.2, 0.25) is 0 Å². The molecule has 9 rings (SSSR count). The fourth-order valence-electron chi connectivity index (χ4n) is 6.79. The van der Waals surface area contributed by atoms with Gasteiger partial charge >= 0.3 is 0 Å². The van der Waals surface area contributed by atoms with Crippen molar-refractivity contribution in [2.75, 3.05) is 0 Å². The van der Waals surface area contributed by atoms with Crippen LogP contribution in [0.1, 0.15) is 0 Å². The van der Waals surface area contributed by atoms with Gasteiger partial charge in [0.15, 0.2) is 11.6 Å². The van der Waals surface area contributed by atoms with E-state index in [0.717, 1.165) is 16.5 Å². The highest BCUT2D eigenvalue weighted by molar-refractivity contribution is 6.22. The van der Waals surface area contributed by atoms with E-state index in [1.807, 2.05) is 30.3 Å². The third-order valence-corrected chi connectivity index (χ3v) is 8.96. The third-order valence-electron chi connectivity index (χ3n) is 8.96. The highest BCUT2D eigenvalue weighted by Crippen LogP contribution is 2.45. The van der Waals surface area contributed by atoms with Crippen molar-refractivity contribution in [3.63, 3.8) is 0 Å². The fourth-order valence-corrected chi connectivity index (χ4v) is 6.79. The first-order chi connectivity index (χ1) is 22.8. The van der Waals surface area contributed by atoms with Gasteiger partial charge in [-0.3, -0.25) is 0 Å². The molecular formula is C43H27N3. The summed E-state index contributed by atoms with van der Waals surface area (Å²) in [6, 6.07) is 56.2. The number of hydrogen-bond acceptors (Lipinski definition) is 3. The molecule has 0 bridgehead atoms. The summed E-state index contributed by atoms with van der Waals surface area (Å²) in [6.45, 7) is 0. The summed E-state index contributed by atoms with van der Waals surface area (Å²) in [7, 11) is 0. The molecule has 0 aliphatic rings. The molecule has 0 fully saturated rings. The molecule has 9 aromatic rings. The summed E-state index contributed by atoms with van der Waals surface area (Å²) in [5.41, 5.74) is 6.74. The SMILES string of the molecule is c1ccc(-c2ncnc(-c3ccc4c(-c5ccc6ccccc6c5)c5ccccc5c(-c5ccc6ccccc6c5)c4c3)n2)cc1. The minimum atomic E-state index is 0.653. The van der Waals surface area contributed by atoms with Crippen molar-refractivity contribution in [3.8, 4) is 45.0 Å². The molecule has 0 atom stereocenters. The number of hydrogen-bond donors (Lipinski definition) is 0. The van der Waals surface area contributed by atoms with Gasteiger partial charge in [-0.25, -0.2) is 15.0 Å². The molecule has 0 aliphatic carbocycles. The molecular weight excluding hydrogens is 558 g/mol. The summed E-state index contributed by atoms with van der Waals surface area (Å²) in [5.74, 6) is 1.32. The lowest BCUT2D eigenvalue weighted by molar-refractivity contribution is 1.07. The summed E-state index contributed by atoms with van der Waals surface area (Å²) < 4.78 is 0. The monoisotopic (exact) mass is 585 g/mol. The average Bonchev–Trinajstić information content (AvgIpc) is 3.13. The van der Waals surface area contributed by atoms with Crippen molar-refractivity contribution in [2.24, 2.45) is 0 Å². The fraction of sp³-hybridized carbons (Fsp3) is 0. The molecule has 3 nitrogen and oxygen atoms in total. The van der Waals surface area contributed by atoms with Crippen molar-refractivity contribution >= 4 is 43.1 Å². The van der Waals surface area contributed by atoms with Crippen LogP contribution in [0.5, 0.6) is 0 Å². The van der Waals surface area contributed by atoms with E-state index in [-0.39, 0.29) is 0 Å². The Morgan fingerprint density at radius 3 is 1.41 bits per heavy atom. The van der Waals surface area contributed by atoms with Crippen LogP contribution in [0.15, 0.2) is 164 Å². The number of aromatic nitrogens is 3. The third kappa shape index (κ3) is 4.41. The zero-order valence-corrected chi connectivity index (χ0v) is 24.9. The number of fused-ring (bicyclic) bond motifs is 4. The van der Waals surface area contributed by atoms with Gasteiger partial charge in [0.1, 0.15) is 6.33 Å². The molecule has 1 heterocycles. The highest BCUT2D eigenvalue weighted by atomic mass is 15.0. The lowest BCUT2D eigenvalue weighted by atomic mass is 9.84. The molecule has 0 aliphatic heterocycles. The molecule has 8 aromatic carbocycles. The Morgan fingerprint density at radius 2 is 0.783 bits per heavy atom. The van der Waals surface area contributed by atoms with E-state index in [2.05, 4.69) is 137 Å². The Balaban J connectivity index is 1.36. The summed E-state index contributed by atoms with van der Waals surface area (Å²) in [4.78, 5) is 14.0. The first-order valence-electron chi connectivity index (χ1n) is 15.5. The Hall–Kier alpha value is -6.19. The Morgan fingerprint density at radius 1 is 0.304 bits per heavy atom. The van der Waals surface area contributed by atoms with Crippen LogP contribution < -0.4 is 0 Å². The Labute approximate surface area is 266 Å². The molecule has 0 N–H and O–H groups in total. The molecule has 0 saturated heterocycles. The first-order valence-corrected chi connectivity index (χ1v) is 15.5. The predicted octanol–water partition coefficient (Wildman–Crippen LogP) is 11.2. The quantitative estimate of drug-likeness (QED) is 0.193. The summed E-state index contributed by atoms with van der Waals surface area (Å²) in [5, 5.41) is 9.71. The Kier molecular flexibility index (Phi) is 6.14. The predicted molar refractivity (Wildman–Crippen MR) is 192 cm³/mol. The van der Waals surface area contributed by atoms with Gasteiger partial charge in [0.25, 0.3) is 0 Å². The zero-order chi connectivity index (χ0) is 30.5. The molecule has 0 unspecified atom stereocenters. The first kappa shape index (κ1) is 26.2. The second-order valence-electron chi connectivity index (χ2n) is 11.7. The maximum atomic E-state index is 4.92. The van der Waals surface area contributed by atoms with E-state index in [0.29, 0.717) is 11.6 Å². The molecule has 0 spiro atoms. The van der Waals surface area contributed by atoms with E-state index >= 15 is 0 Å². The van der Waals surface area contributed by atoms with Crippen LogP contribution >= 0.6 is 0 Å². The maximum absolute atomic E-state index is 4.92. The van der Waals surface area contributed by atoms with Crippen LogP contribution in [-0.4, -0.2) is 15.0 Å². The van der Waals surface area contributed by atoms with Crippen molar-refractivity contribution in [1.29, 1.82) is 0 Å². The second-order valence-corrected chi connectivity index (χ2v) is 11.7. The van der Waals surface area contributed by atoms with Gasteiger partial charge in [-0.1, -0.05) is 140 Å². The average molecular weight is 586 g/mol. The molecule has 3 heteroatoms. The number of benzene rings is 8. The molecule has 0 saturated carbocycles. The molecule has 214 valence electrons. The van der Waals surface area contributed by atoms with E-state index in [1.54, 1.807) is 6.33 Å². The topological polar surface area (TPSA) is 38.7 Å². The smallest absolute Gasteiger partial charge is 0.163 e. The standard InChI is InChI=1S/C43H27N3/c1-2-12-30(13-3-1)42-44-27-45-43(46-42)35-22-23-38-39(26-35)41(34-21-19-29-11-5-7-15-32(29)25-34)37-17-9-8-16-36(37)40(38)33-20-18-28-10-4-6-14-31(28)24-33/h1-27H. The van der Waals surface area contributed by atoms with E-state index in [1.165, 1.54) is 60.0 Å². The molecule has 0 radical (unpaired) electrons. The Bertz CT molecular complexity index is 2590. The van der Waals surface area contributed by atoms with Crippen molar-refractivity contribution in [3.05, 3.63) is 164 Å². The minimum absolute atomic E-state index is 0.653. The van der Waals surface area contributed by atoms with Crippen LogP contribution in [0.3, 0.4) is 0 Å². The normalized spacial score (nSPS) is 11.5. The number of rotatable bonds is 4. The van der Waals surface area contributed by atoms with Gasteiger partial charge in [-0.15, -0.1) is 0 Å². The van der Waals surface area contributed by atoms with E-state index in [9.17, 15) is 0 Å². The van der Waals surface area contributed by atoms with E-state index < -0.39 is 0 Å². The lowest BCUT2D eigenvalue weighted by Crippen LogP contribution is -1.96. The van der Waals surface area contributed by atoms with Gasteiger partial charge in [0, 0.05) is 11.1 Å². The second kappa shape index (κ2) is 10.8. The molecule has 0 amide bonds. The van der Waals surface area contributed by atoms with Gasteiger partial charge in [0.2, 0.25) is 0 Å². The molecule has 1 aromatic heterocycles. The van der Waals surface area contributed by atoms with Gasteiger partial charge in [-0.05, 0) is 83.5 Å². The van der Waals surface area contributed by atoms with Gasteiger partial charge in [-0.2, -0.15) is 0 Å². The van der Waals surface area contributed by atoms with Crippen LogP contribution in [0, 0.1) is 0 Å². The van der Waals surface area contributed by atoms with Crippen LogP contribution in [-0.2, 0) is 0 Å². The minimum Gasteiger partial charge on any atom is -0.217 e. The largest absolute Gasteiger partial charge is 0.217 e. The van der Waals surface area contributed by atoms with Gasteiger partial charge in [0.05, 0.1) is 0 Å². The summed E-state index contributed by atoms with van der Waals surface area (Å²) in [6.07, 6.45) is 1.61. The van der Waals surface area contributed by atoms with Crippen LogP contribution in [0.4, 0.5) is 0 Å². The molecule has 46 heavy (non-hydrogen) atoms. The van der Waals surface area contributed by atoms with Crippen molar-refractivity contribution < 1.29 is 0 Å². The highest BCUT2D eigenvalue weighted by Gasteiger charge is 2.19. The zero-order valence-electron chi connectivity index (χ0n) is 24.9. The summed E-state index contributed by atoms with van der Waals surface area (Å²) >= 11 is 0. The van der Waals surface area contributed by atoms with Crippen LogP contribution in [0.25, 0.3) is 88.1 Å². The van der Waals surface area contributed by atoms with E-state index in [4.69, 9.17) is 4.98 Å².